The van der Waals surface area contributed by atoms with Crippen LogP contribution in [-0.4, -0.2) is 20.1 Å². The van der Waals surface area contributed by atoms with Crippen LogP contribution in [0, 0.1) is 0 Å². The molecule has 0 unspecified atom stereocenters. The predicted octanol–water partition coefficient (Wildman–Crippen LogP) is 28.7. The van der Waals surface area contributed by atoms with Crippen molar-refractivity contribution >= 4 is 102 Å². The van der Waals surface area contributed by atoms with Crippen molar-refractivity contribution in [1.29, 1.82) is 0 Å². The lowest BCUT2D eigenvalue weighted by Crippen LogP contribution is -2.57. The van der Waals surface area contributed by atoms with Gasteiger partial charge in [0.25, 0.3) is 20.1 Å². The average Bonchev–Trinajstić information content (AvgIpc) is 1.51. The van der Waals surface area contributed by atoms with Crippen molar-refractivity contribution in [3.05, 3.63) is 558 Å². The SMILES string of the molecule is c1ccc2c(c1)Oc1cccc3c1B2c1ccc(-c2cc4c(c5ccccc25)-c2ccccc2C42c4ccccc4-c4ccccc42)cc1O3.c1ccc2c(c1)Oc1cccc3c1B2c1ccc(-c2ccc4c(c2)C2(c5ccccc5-c5ccccc52)c2c-4ccc4ccccc24)cc1O3.c1ccc2c(c1)Oc1cccc3c1B2c1ccc(-c2ccc4c(c2)C2(c5ccccc5-c5ccccc52)c2cc5ccccc5cc2-4)cc1O3. The van der Waals surface area contributed by atoms with Crippen LogP contribution in [0.25, 0.3) is 132 Å². The Hall–Kier alpha value is -18.9. The molecule has 0 saturated heterocycles. The summed E-state index contributed by atoms with van der Waals surface area (Å²) < 4.78 is 39.2. The predicted molar refractivity (Wildman–Crippen MR) is 610 cm³/mol. The van der Waals surface area contributed by atoms with Crippen LogP contribution in [0.5, 0.6) is 69.0 Å². The van der Waals surface area contributed by atoms with Gasteiger partial charge in [0.05, 0.1) is 16.2 Å². The van der Waals surface area contributed by atoms with E-state index in [1.165, 1.54) is 210 Å². The number of benzene rings is 24. The largest absolute Gasteiger partial charge is 0.458 e. The molecule has 150 heavy (non-hydrogen) atoms. The topological polar surface area (TPSA) is 55.4 Å². The van der Waals surface area contributed by atoms with E-state index >= 15 is 0 Å². The normalized spacial score (nSPS) is 14.4. The summed E-state index contributed by atoms with van der Waals surface area (Å²) in [5.41, 5.74) is 48.1. The number of ether oxygens (including phenoxy) is 6. The smallest absolute Gasteiger partial charge is 0.260 e. The number of fused-ring (bicyclic) bond motifs is 47. The monoisotopic (exact) mass is 1900 g/mol. The number of para-hydroxylation sites is 3. The zero-order chi connectivity index (χ0) is 97.7. The first-order valence-electron chi connectivity index (χ1n) is 52.1. The molecule has 6 heterocycles. The Bertz CT molecular complexity index is 9970. The lowest BCUT2D eigenvalue weighted by Gasteiger charge is -2.33. The summed E-state index contributed by atoms with van der Waals surface area (Å²) in [5, 5.41) is 7.63. The van der Waals surface area contributed by atoms with E-state index < -0.39 is 16.2 Å². The molecule has 0 saturated carbocycles. The Morgan fingerprint density at radius 1 is 0.140 bits per heavy atom. The fourth-order valence-electron chi connectivity index (χ4n) is 28.9. The zero-order valence-corrected chi connectivity index (χ0v) is 80.9. The molecule has 6 nitrogen and oxygen atoms in total. The van der Waals surface area contributed by atoms with Crippen molar-refractivity contribution in [2.75, 3.05) is 0 Å². The second-order valence-corrected chi connectivity index (χ2v) is 41.7. The molecule has 0 fully saturated rings. The fraction of sp³-hybridized carbons (Fsp3) is 0.0213. The molecular weight excluding hydrogens is 1820 g/mol. The quantitative estimate of drug-likeness (QED) is 0.164. The van der Waals surface area contributed by atoms with Gasteiger partial charge in [-0.25, -0.2) is 0 Å². The molecule has 0 amide bonds. The minimum atomic E-state index is -0.430. The van der Waals surface area contributed by atoms with E-state index in [1.807, 2.05) is 54.6 Å². The molecular formula is C141H81B3O6. The van der Waals surface area contributed by atoms with Gasteiger partial charge in [-0.1, -0.05) is 388 Å². The van der Waals surface area contributed by atoms with Gasteiger partial charge < -0.3 is 28.4 Å². The molecule has 3 spiro atoms. The van der Waals surface area contributed by atoms with Crippen molar-refractivity contribution < 1.29 is 28.4 Å². The van der Waals surface area contributed by atoms with E-state index in [9.17, 15) is 0 Å². The Balaban J connectivity index is 0.0000000957. The molecule has 0 bridgehead atoms. The highest BCUT2D eigenvalue weighted by atomic mass is 16.5. The second kappa shape index (κ2) is 30.6. The first-order chi connectivity index (χ1) is 74.4. The molecule has 6 aliphatic heterocycles. The van der Waals surface area contributed by atoms with Gasteiger partial charge in [0, 0.05) is 16.4 Å². The van der Waals surface area contributed by atoms with E-state index in [1.54, 1.807) is 0 Å². The summed E-state index contributed by atoms with van der Waals surface area (Å²) in [6.07, 6.45) is 0. The maximum atomic E-state index is 6.76. The van der Waals surface area contributed by atoms with Crippen LogP contribution in [0.1, 0.15) is 66.8 Å². The van der Waals surface area contributed by atoms with Gasteiger partial charge in [-0.3, -0.25) is 0 Å². The van der Waals surface area contributed by atoms with Crippen LogP contribution in [0.4, 0.5) is 0 Å². The summed E-state index contributed by atoms with van der Waals surface area (Å²) in [6.45, 7) is 0.161. The molecule has 0 aromatic heterocycles. The van der Waals surface area contributed by atoms with Crippen LogP contribution in [0.3, 0.4) is 0 Å². The molecule has 24 aromatic rings. The first kappa shape index (κ1) is 82.4. The van der Waals surface area contributed by atoms with Crippen molar-refractivity contribution in [3.63, 3.8) is 0 Å². The molecule has 0 radical (unpaired) electrons. The standard InChI is InChI=1S/3C47H27BO2/c1-2-15-32-29(12-1)34(28-24-25-40-44(26-28)50-43-23-11-22-42-46(43)48(40)39-20-9-10-21-41(39)49-42)27-38-45(32)33-16-5-8-19-37(33)47(38)35-17-6-3-13-30(35)31-14-4-7-18-36(31)47;1-2-11-31-28(10-1)20-24-35-34-23-21-29(26-38(34)47(45(31)35)36-14-5-3-12-32(36)33-13-4-6-15-37(33)47)30-22-25-40-44(27-30)50-43-19-9-18-42-46(43)48(40)39-16-7-8-17-41(39)49-42;1-2-11-29-25-39-35(24-28(29)10-1)34-22-20-30(26-38(34)47(39)36-14-5-3-12-32(36)33-13-4-6-15-37(33)47)31-21-23-41-45(27-31)50-44-19-9-18-43-46(44)48(41)40-16-7-8-17-42(40)49-43/h3*1-27H. The second-order valence-electron chi connectivity index (χ2n) is 41.7. The van der Waals surface area contributed by atoms with Crippen molar-refractivity contribution in [2.45, 2.75) is 16.2 Å². The van der Waals surface area contributed by atoms with Crippen LogP contribution in [0.15, 0.2) is 491 Å². The van der Waals surface area contributed by atoms with E-state index in [4.69, 9.17) is 28.4 Å². The lowest BCUT2D eigenvalue weighted by molar-refractivity contribution is 0.464. The van der Waals surface area contributed by atoms with Gasteiger partial charge in [-0.2, -0.15) is 0 Å². The van der Waals surface area contributed by atoms with E-state index in [0.29, 0.717) is 0 Å². The highest BCUT2D eigenvalue weighted by Gasteiger charge is 2.57. The van der Waals surface area contributed by atoms with Gasteiger partial charge in [0.2, 0.25) is 0 Å². The summed E-state index contributed by atoms with van der Waals surface area (Å²) in [5.74, 6) is 10.6. The number of hydrogen-bond donors (Lipinski definition) is 0. The highest BCUT2D eigenvalue weighted by Crippen LogP contribution is 2.69. The molecule has 6 aliphatic carbocycles. The van der Waals surface area contributed by atoms with Gasteiger partial charge >= 0.3 is 0 Å². The van der Waals surface area contributed by atoms with Crippen molar-refractivity contribution in [2.24, 2.45) is 0 Å². The Morgan fingerprint density at radius 2 is 0.427 bits per heavy atom. The summed E-state index contributed by atoms with van der Waals surface area (Å²) in [6, 6.07) is 180. The average molecular weight is 1900 g/mol. The molecule has 9 heteroatoms. The third kappa shape index (κ3) is 10.9. The number of rotatable bonds is 3. The number of hydrogen-bond acceptors (Lipinski definition) is 6. The van der Waals surface area contributed by atoms with Crippen LogP contribution in [0.2, 0.25) is 0 Å². The molecule has 36 rings (SSSR count). The Labute approximate surface area is 867 Å². The van der Waals surface area contributed by atoms with Crippen LogP contribution >= 0.6 is 0 Å². The highest BCUT2D eigenvalue weighted by molar-refractivity contribution is 6.99. The van der Waals surface area contributed by atoms with Crippen LogP contribution in [-0.2, 0) is 16.2 Å². The van der Waals surface area contributed by atoms with E-state index in [0.717, 1.165) is 108 Å². The third-order valence-corrected chi connectivity index (χ3v) is 34.8. The van der Waals surface area contributed by atoms with Gasteiger partial charge in [-0.05, 0) is 335 Å². The zero-order valence-electron chi connectivity index (χ0n) is 80.9. The van der Waals surface area contributed by atoms with Gasteiger partial charge in [-0.15, -0.1) is 0 Å². The van der Waals surface area contributed by atoms with Gasteiger partial charge in [0.1, 0.15) is 69.0 Å². The van der Waals surface area contributed by atoms with E-state index in [-0.39, 0.29) is 20.1 Å². The maximum absolute atomic E-state index is 6.76. The third-order valence-electron chi connectivity index (χ3n) is 34.8. The maximum Gasteiger partial charge on any atom is 0.260 e. The van der Waals surface area contributed by atoms with Crippen LogP contribution < -0.4 is 77.6 Å². The minimum Gasteiger partial charge on any atom is -0.458 e. The molecule has 690 valence electrons. The Morgan fingerprint density at radius 3 is 0.880 bits per heavy atom. The Kier molecular flexibility index (Phi) is 16.8. The van der Waals surface area contributed by atoms with Crippen molar-refractivity contribution in [1.82, 2.24) is 0 Å². The summed E-state index contributed by atoms with van der Waals surface area (Å²) in [4.78, 5) is 0. The molecule has 12 aliphatic rings. The summed E-state index contributed by atoms with van der Waals surface area (Å²) in [7, 11) is 0. The van der Waals surface area contributed by atoms with E-state index in [2.05, 4.69) is 437 Å². The fourth-order valence-corrected chi connectivity index (χ4v) is 28.9. The first-order valence-corrected chi connectivity index (χ1v) is 52.1. The molecule has 0 N–H and O–H groups in total. The van der Waals surface area contributed by atoms with Crippen molar-refractivity contribution in [3.8, 4) is 169 Å². The molecule has 0 atom stereocenters. The minimum absolute atomic E-state index is 0.0463. The summed E-state index contributed by atoms with van der Waals surface area (Å²) >= 11 is 0. The lowest BCUT2D eigenvalue weighted by atomic mass is 9.35. The van der Waals surface area contributed by atoms with Gasteiger partial charge in [0.15, 0.2) is 0 Å². The molecule has 24 aromatic carbocycles.